The molecule has 158 valence electrons. The van der Waals surface area contributed by atoms with Gasteiger partial charge in [-0.3, -0.25) is 4.79 Å². The summed E-state index contributed by atoms with van der Waals surface area (Å²) >= 11 is 0. The van der Waals surface area contributed by atoms with Gasteiger partial charge in [-0.15, -0.1) is 0 Å². The van der Waals surface area contributed by atoms with Crippen molar-refractivity contribution >= 4 is 17.9 Å². The van der Waals surface area contributed by atoms with Gasteiger partial charge in [-0.25, -0.2) is 9.59 Å². The Kier molecular flexibility index (Phi) is 7.06. The highest BCUT2D eigenvalue weighted by Gasteiger charge is 2.31. The number of rotatable bonds is 8. The molecule has 2 aromatic rings. The second kappa shape index (κ2) is 9.91. The lowest BCUT2D eigenvalue weighted by atomic mass is 10.1. The van der Waals surface area contributed by atoms with Crippen LogP contribution in [0, 0.1) is 0 Å². The zero-order chi connectivity index (χ0) is 21.5. The Balaban J connectivity index is 1.62. The maximum atomic E-state index is 12.7. The summed E-state index contributed by atoms with van der Waals surface area (Å²) in [5, 5.41) is 8.40. The highest BCUT2D eigenvalue weighted by Crippen LogP contribution is 2.24. The maximum Gasteiger partial charge on any atom is 0.339 e. The Morgan fingerprint density at radius 1 is 1.00 bits per heavy atom. The number of nitrogens with one attached hydrogen (secondary N) is 3. The van der Waals surface area contributed by atoms with Crippen LogP contribution in [0.25, 0.3) is 0 Å². The lowest BCUT2D eigenvalue weighted by Crippen LogP contribution is -2.39. The summed E-state index contributed by atoms with van der Waals surface area (Å²) in [5.74, 6) is -0.888. The third-order valence-electron chi connectivity index (χ3n) is 4.55. The van der Waals surface area contributed by atoms with Gasteiger partial charge in [-0.05, 0) is 44.4 Å². The van der Waals surface area contributed by atoms with Crippen LogP contribution < -0.4 is 16.0 Å². The monoisotopic (exact) mass is 409 g/mol. The molecule has 7 nitrogen and oxygen atoms in total. The molecule has 7 heteroatoms. The summed E-state index contributed by atoms with van der Waals surface area (Å²) in [6, 6.07) is 15.7. The Morgan fingerprint density at radius 2 is 1.67 bits per heavy atom. The van der Waals surface area contributed by atoms with Crippen molar-refractivity contribution in [2.45, 2.75) is 51.4 Å². The first-order valence-electron chi connectivity index (χ1n) is 10.1. The van der Waals surface area contributed by atoms with Crippen molar-refractivity contribution in [3.05, 3.63) is 71.3 Å². The minimum Gasteiger partial charge on any atom is -0.444 e. The van der Waals surface area contributed by atoms with Gasteiger partial charge < -0.3 is 20.7 Å². The molecule has 1 fully saturated rings. The van der Waals surface area contributed by atoms with Crippen LogP contribution in [0.15, 0.2) is 54.6 Å². The lowest BCUT2D eigenvalue weighted by molar-refractivity contribution is -0.130. The summed E-state index contributed by atoms with van der Waals surface area (Å²) in [5.41, 5.74) is 1.81. The molecule has 0 aliphatic heterocycles. The molecule has 30 heavy (non-hydrogen) atoms. The van der Waals surface area contributed by atoms with E-state index in [1.54, 1.807) is 48.5 Å². The average Bonchev–Trinajstić information content (AvgIpc) is 3.54. The molecule has 2 aromatic carbocycles. The van der Waals surface area contributed by atoms with E-state index in [2.05, 4.69) is 16.0 Å². The minimum atomic E-state index is -1.000. The number of hydrogen-bond donors (Lipinski definition) is 3. The average molecular weight is 409 g/mol. The van der Waals surface area contributed by atoms with Crippen LogP contribution in [0.2, 0.25) is 0 Å². The number of carbonyl (C=O) groups excluding carboxylic acids is 3. The van der Waals surface area contributed by atoms with Gasteiger partial charge in [0.15, 0.2) is 0 Å². The summed E-state index contributed by atoms with van der Waals surface area (Å²) in [6.45, 7) is 4.10. The second-order valence-electron chi connectivity index (χ2n) is 7.66. The standard InChI is InChI=1S/C23H27N3O4/c1-15(2)25-23(29)24-14-16-8-10-18(11-9-16)22(28)30-20(17-6-4-3-5-7-17)21(27)26-19-12-13-19/h3-11,15,19-20H,12-14H2,1-2H3,(H,26,27)(H2,24,25,29)/t20-/m0/s1. The smallest absolute Gasteiger partial charge is 0.339 e. The Bertz CT molecular complexity index is 877. The van der Waals surface area contributed by atoms with Gasteiger partial charge in [-0.1, -0.05) is 42.5 Å². The molecule has 0 spiro atoms. The number of amides is 3. The third kappa shape index (κ3) is 6.34. The van der Waals surface area contributed by atoms with Gasteiger partial charge in [0, 0.05) is 24.2 Å². The van der Waals surface area contributed by atoms with Gasteiger partial charge in [0.25, 0.3) is 5.91 Å². The molecule has 1 aliphatic carbocycles. The van der Waals surface area contributed by atoms with Gasteiger partial charge in [0.05, 0.1) is 5.56 Å². The van der Waals surface area contributed by atoms with Crippen LogP contribution >= 0.6 is 0 Å². The largest absolute Gasteiger partial charge is 0.444 e. The van der Waals surface area contributed by atoms with Crippen molar-refractivity contribution in [1.29, 1.82) is 0 Å². The Hall–Kier alpha value is -3.35. The predicted octanol–water partition coefficient (Wildman–Crippen LogP) is 3.07. The Labute approximate surface area is 176 Å². The van der Waals surface area contributed by atoms with Crippen LogP contribution in [-0.2, 0) is 16.1 Å². The van der Waals surface area contributed by atoms with Crippen molar-refractivity contribution in [2.75, 3.05) is 0 Å². The number of hydrogen-bond acceptors (Lipinski definition) is 4. The first kappa shape index (κ1) is 21.4. The fourth-order valence-electron chi connectivity index (χ4n) is 2.83. The zero-order valence-corrected chi connectivity index (χ0v) is 17.2. The maximum absolute atomic E-state index is 12.7. The number of ether oxygens (including phenoxy) is 1. The van der Waals surface area contributed by atoms with E-state index in [1.807, 2.05) is 19.9 Å². The van der Waals surface area contributed by atoms with E-state index in [-0.39, 0.29) is 24.0 Å². The van der Waals surface area contributed by atoms with E-state index < -0.39 is 12.1 Å². The van der Waals surface area contributed by atoms with E-state index in [1.165, 1.54) is 0 Å². The van der Waals surface area contributed by atoms with Gasteiger partial charge in [-0.2, -0.15) is 0 Å². The fourth-order valence-corrected chi connectivity index (χ4v) is 2.83. The molecule has 0 unspecified atom stereocenters. The van der Waals surface area contributed by atoms with Gasteiger partial charge in [0.1, 0.15) is 0 Å². The number of benzene rings is 2. The molecule has 0 aromatic heterocycles. The first-order chi connectivity index (χ1) is 14.4. The highest BCUT2D eigenvalue weighted by molar-refractivity contribution is 5.92. The zero-order valence-electron chi connectivity index (χ0n) is 17.2. The van der Waals surface area contributed by atoms with Crippen LogP contribution in [0.1, 0.15) is 54.3 Å². The molecule has 1 atom stereocenters. The minimum absolute atomic E-state index is 0.0526. The van der Waals surface area contributed by atoms with E-state index in [0.29, 0.717) is 17.7 Å². The molecule has 1 saturated carbocycles. The van der Waals surface area contributed by atoms with Crippen LogP contribution in [0.4, 0.5) is 4.79 Å². The number of esters is 1. The summed E-state index contributed by atoms with van der Waals surface area (Å²) in [4.78, 5) is 36.9. The quantitative estimate of drug-likeness (QED) is 0.584. The number of urea groups is 1. The molecule has 3 N–H and O–H groups in total. The molecule has 0 radical (unpaired) electrons. The molecular formula is C23H27N3O4. The molecular weight excluding hydrogens is 382 g/mol. The topological polar surface area (TPSA) is 96.5 Å². The van der Waals surface area contributed by atoms with Crippen LogP contribution in [0.3, 0.4) is 0 Å². The predicted molar refractivity (Wildman–Crippen MR) is 113 cm³/mol. The second-order valence-corrected chi connectivity index (χ2v) is 7.66. The molecule has 0 heterocycles. The van der Waals surface area contributed by atoms with Crippen LogP contribution in [0.5, 0.6) is 0 Å². The van der Waals surface area contributed by atoms with E-state index in [0.717, 1.165) is 18.4 Å². The molecule has 3 rings (SSSR count). The first-order valence-corrected chi connectivity index (χ1v) is 10.1. The van der Waals surface area contributed by atoms with Gasteiger partial charge >= 0.3 is 12.0 Å². The highest BCUT2D eigenvalue weighted by atomic mass is 16.5. The van der Waals surface area contributed by atoms with Crippen LogP contribution in [-0.4, -0.2) is 30.0 Å². The summed E-state index contributed by atoms with van der Waals surface area (Å²) in [7, 11) is 0. The molecule has 0 saturated heterocycles. The molecule has 0 bridgehead atoms. The SMILES string of the molecule is CC(C)NC(=O)NCc1ccc(C(=O)O[C@H](C(=O)NC2CC2)c2ccccc2)cc1. The van der Waals surface area contributed by atoms with Gasteiger partial charge in [0.2, 0.25) is 6.10 Å². The van der Waals surface area contributed by atoms with Crippen molar-refractivity contribution in [1.82, 2.24) is 16.0 Å². The molecule has 3 amide bonds. The van der Waals surface area contributed by atoms with E-state index in [9.17, 15) is 14.4 Å². The van der Waals surface area contributed by atoms with E-state index >= 15 is 0 Å². The molecule has 1 aliphatic rings. The lowest BCUT2D eigenvalue weighted by Gasteiger charge is -2.18. The normalized spacial score (nSPS) is 14.0. The van der Waals surface area contributed by atoms with Crippen molar-refractivity contribution in [2.24, 2.45) is 0 Å². The fraction of sp³-hybridized carbons (Fsp3) is 0.348. The van der Waals surface area contributed by atoms with Crippen molar-refractivity contribution in [3.63, 3.8) is 0 Å². The number of carbonyl (C=O) groups is 3. The summed E-state index contributed by atoms with van der Waals surface area (Å²) < 4.78 is 5.56. The van der Waals surface area contributed by atoms with Crippen molar-refractivity contribution < 1.29 is 19.1 Å². The van der Waals surface area contributed by atoms with E-state index in [4.69, 9.17) is 4.74 Å². The Morgan fingerprint density at radius 3 is 2.27 bits per heavy atom. The summed E-state index contributed by atoms with van der Waals surface area (Å²) in [6.07, 6.45) is 0.901. The third-order valence-corrected chi connectivity index (χ3v) is 4.55. The van der Waals surface area contributed by atoms with Crippen molar-refractivity contribution in [3.8, 4) is 0 Å².